The molecule has 0 bridgehead atoms. The smallest absolute Gasteiger partial charge is 0.343 e. The molecular formula is C25H21BrO3. The molecule has 0 N–H and O–H groups in total. The molecule has 0 aromatic heterocycles. The Hall–Kier alpha value is -2.98. The van der Waals surface area contributed by atoms with Gasteiger partial charge in [0, 0.05) is 10.0 Å². The number of esters is 1. The molecule has 0 atom stereocenters. The van der Waals surface area contributed by atoms with Crippen LogP contribution >= 0.6 is 15.9 Å². The first-order valence-electron chi connectivity index (χ1n) is 9.32. The van der Waals surface area contributed by atoms with E-state index in [0.717, 1.165) is 10.0 Å². The Morgan fingerprint density at radius 3 is 2.00 bits per heavy atom. The molecule has 0 aliphatic heterocycles. The van der Waals surface area contributed by atoms with Crippen molar-refractivity contribution in [1.29, 1.82) is 0 Å². The molecule has 0 unspecified atom stereocenters. The van der Waals surface area contributed by atoms with Crippen LogP contribution in [0, 0.1) is 0 Å². The lowest BCUT2D eigenvalue weighted by atomic mass is 10.0. The third-order valence-electron chi connectivity index (χ3n) is 4.46. The molecule has 0 saturated carbocycles. The van der Waals surface area contributed by atoms with E-state index in [9.17, 15) is 9.59 Å². The Bertz CT molecular complexity index is 1020. The van der Waals surface area contributed by atoms with Gasteiger partial charge in [-0.3, -0.25) is 4.79 Å². The van der Waals surface area contributed by atoms with Crippen molar-refractivity contribution in [2.75, 3.05) is 0 Å². The second kappa shape index (κ2) is 9.48. The van der Waals surface area contributed by atoms with E-state index < -0.39 is 5.97 Å². The summed E-state index contributed by atoms with van der Waals surface area (Å²) in [6.45, 7) is 4.29. The molecule has 0 heterocycles. The second-order valence-corrected chi connectivity index (χ2v) is 7.86. The van der Waals surface area contributed by atoms with Crippen molar-refractivity contribution in [3.05, 3.63) is 106 Å². The maximum atomic E-state index is 12.4. The number of ketones is 1. The minimum atomic E-state index is -0.443. The molecule has 0 radical (unpaired) electrons. The first kappa shape index (κ1) is 20.7. The standard InChI is InChI=1S/C25H21BrO3/c1-17(2)19-6-3-18(4-7-19)5-16-24(27)20-10-14-23(15-11-20)29-25(28)21-8-12-22(26)13-9-21/h3-17H,1-2H3/b16-5+. The summed E-state index contributed by atoms with van der Waals surface area (Å²) in [5, 5.41) is 0. The molecule has 3 aromatic rings. The summed E-state index contributed by atoms with van der Waals surface area (Å²) in [6, 6.07) is 21.6. The summed E-state index contributed by atoms with van der Waals surface area (Å²) >= 11 is 3.33. The predicted octanol–water partition coefficient (Wildman–Crippen LogP) is 6.69. The molecule has 4 heteroatoms. The van der Waals surface area contributed by atoms with Crippen molar-refractivity contribution in [1.82, 2.24) is 0 Å². The average molecular weight is 449 g/mol. The highest BCUT2D eigenvalue weighted by Crippen LogP contribution is 2.18. The van der Waals surface area contributed by atoms with Gasteiger partial charge in [-0.1, -0.05) is 60.1 Å². The highest BCUT2D eigenvalue weighted by molar-refractivity contribution is 9.10. The summed E-state index contributed by atoms with van der Waals surface area (Å²) in [6.07, 6.45) is 3.35. The number of benzene rings is 3. The first-order chi connectivity index (χ1) is 13.9. The van der Waals surface area contributed by atoms with Crippen molar-refractivity contribution in [3.8, 4) is 5.75 Å². The maximum absolute atomic E-state index is 12.4. The normalized spacial score (nSPS) is 11.0. The molecule has 29 heavy (non-hydrogen) atoms. The Morgan fingerprint density at radius 2 is 1.41 bits per heavy atom. The van der Waals surface area contributed by atoms with Crippen LogP contribution in [0.5, 0.6) is 5.75 Å². The monoisotopic (exact) mass is 448 g/mol. The van der Waals surface area contributed by atoms with Crippen LogP contribution in [0.4, 0.5) is 0 Å². The Balaban J connectivity index is 1.62. The van der Waals surface area contributed by atoms with Gasteiger partial charge in [0.05, 0.1) is 5.56 Å². The molecule has 0 aliphatic rings. The average Bonchev–Trinajstić information content (AvgIpc) is 2.73. The minimum Gasteiger partial charge on any atom is -0.423 e. The predicted molar refractivity (Wildman–Crippen MR) is 119 cm³/mol. The molecule has 0 amide bonds. The molecule has 0 spiro atoms. The number of hydrogen-bond donors (Lipinski definition) is 0. The van der Waals surface area contributed by atoms with Crippen molar-refractivity contribution in [2.24, 2.45) is 0 Å². The van der Waals surface area contributed by atoms with Crippen molar-refractivity contribution in [3.63, 3.8) is 0 Å². The van der Waals surface area contributed by atoms with E-state index in [1.807, 2.05) is 12.1 Å². The lowest BCUT2D eigenvalue weighted by Gasteiger charge is -2.05. The summed E-state index contributed by atoms with van der Waals surface area (Å²) in [7, 11) is 0. The molecule has 0 fully saturated rings. The van der Waals surface area contributed by atoms with Gasteiger partial charge in [-0.15, -0.1) is 0 Å². The molecule has 3 aromatic carbocycles. The van der Waals surface area contributed by atoms with Crippen LogP contribution in [-0.2, 0) is 0 Å². The van der Waals surface area contributed by atoms with Crippen molar-refractivity contribution < 1.29 is 14.3 Å². The van der Waals surface area contributed by atoms with Crippen LogP contribution in [0.15, 0.2) is 83.3 Å². The molecule has 3 nitrogen and oxygen atoms in total. The molecule has 0 aliphatic carbocycles. The topological polar surface area (TPSA) is 43.4 Å². The summed E-state index contributed by atoms with van der Waals surface area (Å²) in [5.74, 6) is 0.318. The zero-order valence-electron chi connectivity index (χ0n) is 16.3. The third kappa shape index (κ3) is 5.75. The van der Waals surface area contributed by atoms with Crippen LogP contribution in [0.3, 0.4) is 0 Å². The van der Waals surface area contributed by atoms with Crippen LogP contribution in [0.1, 0.15) is 51.6 Å². The zero-order chi connectivity index (χ0) is 20.8. The van der Waals surface area contributed by atoms with Gasteiger partial charge in [0.2, 0.25) is 0 Å². The SMILES string of the molecule is CC(C)c1ccc(/C=C/C(=O)c2ccc(OC(=O)c3ccc(Br)cc3)cc2)cc1. The fourth-order valence-electron chi connectivity index (χ4n) is 2.70. The summed E-state index contributed by atoms with van der Waals surface area (Å²) in [5.41, 5.74) is 3.23. The lowest BCUT2D eigenvalue weighted by Crippen LogP contribution is -2.08. The first-order valence-corrected chi connectivity index (χ1v) is 10.1. The Labute approximate surface area is 179 Å². The van der Waals surface area contributed by atoms with E-state index in [2.05, 4.69) is 41.9 Å². The van der Waals surface area contributed by atoms with Crippen LogP contribution < -0.4 is 4.74 Å². The van der Waals surface area contributed by atoms with Gasteiger partial charge >= 0.3 is 5.97 Å². The maximum Gasteiger partial charge on any atom is 0.343 e. The molecule has 146 valence electrons. The number of ether oxygens (including phenoxy) is 1. The number of rotatable bonds is 6. The molecular weight excluding hydrogens is 428 g/mol. The van der Waals surface area contributed by atoms with Crippen LogP contribution in [-0.4, -0.2) is 11.8 Å². The van der Waals surface area contributed by atoms with Gasteiger partial charge in [0.15, 0.2) is 5.78 Å². The van der Waals surface area contributed by atoms with Gasteiger partial charge in [0.1, 0.15) is 5.75 Å². The van der Waals surface area contributed by atoms with Gasteiger partial charge < -0.3 is 4.74 Å². The van der Waals surface area contributed by atoms with Crippen molar-refractivity contribution >= 4 is 33.8 Å². The quantitative estimate of drug-likeness (QED) is 0.182. The fraction of sp³-hybridized carbons (Fsp3) is 0.120. The number of hydrogen-bond acceptors (Lipinski definition) is 3. The van der Waals surface area contributed by atoms with Crippen molar-refractivity contribution in [2.45, 2.75) is 19.8 Å². The van der Waals surface area contributed by atoms with E-state index in [1.165, 1.54) is 5.56 Å². The second-order valence-electron chi connectivity index (χ2n) is 6.94. The zero-order valence-corrected chi connectivity index (χ0v) is 17.8. The van der Waals surface area contributed by atoms with Gasteiger partial charge in [0.25, 0.3) is 0 Å². The lowest BCUT2D eigenvalue weighted by molar-refractivity contribution is 0.0734. The van der Waals surface area contributed by atoms with E-state index in [0.29, 0.717) is 22.8 Å². The van der Waals surface area contributed by atoms with Crippen LogP contribution in [0.2, 0.25) is 0 Å². The van der Waals surface area contributed by atoms with Gasteiger partial charge in [-0.2, -0.15) is 0 Å². The third-order valence-corrected chi connectivity index (χ3v) is 4.99. The number of carbonyl (C=O) groups excluding carboxylic acids is 2. The number of carbonyl (C=O) groups is 2. The Morgan fingerprint density at radius 1 is 0.828 bits per heavy atom. The highest BCUT2D eigenvalue weighted by atomic mass is 79.9. The highest BCUT2D eigenvalue weighted by Gasteiger charge is 2.09. The summed E-state index contributed by atoms with van der Waals surface area (Å²) < 4.78 is 6.24. The van der Waals surface area contributed by atoms with E-state index in [-0.39, 0.29) is 5.78 Å². The number of allylic oxidation sites excluding steroid dienone is 1. The van der Waals surface area contributed by atoms with E-state index in [4.69, 9.17) is 4.74 Å². The minimum absolute atomic E-state index is 0.108. The number of halogens is 1. The fourth-order valence-corrected chi connectivity index (χ4v) is 2.96. The van der Waals surface area contributed by atoms with E-state index >= 15 is 0 Å². The molecule has 3 rings (SSSR count). The largest absolute Gasteiger partial charge is 0.423 e. The molecule has 0 saturated heterocycles. The summed E-state index contributed by atoms with van der Waals surface area (Å²) in [4.78, 5) is 24.5. The Kier molecular flexibility index (Phi) is 6.78. The van der Waals surface area contributed by atoms with Gasteiger partial charge in [-0.05, 0) is 71.7 Å². The van der Waals surface area contributed by atoms with Gasteiger partial charge in [-0.25, -0.2) is 4.79 Å². The van der Waals surface area contributed by atoms with Crippen LogP contribution in [0.25, 0.3) is 6.08 Å². The van der Waals surface area contributed by atoms with E-state index in [1.54, 1.807) is 60.7 Å².